The van der Waals surface area contributed by atoms with Gasteiger partial charge in [0.15, 0.2) is 0 Å². The maximum absolute atomic E-state index is 10.8. The molecule has 0 heterocycles. The molecule has 0 aliphatic carbocycles. The van der Waals surface area contributed by atoms with Crippen molar-refractivity contribution in [2.24, 2.45) is 0 Å². The average Bonchev–Trinajstić information content (AvgIpc) is 2.49. The molecule has 0 atom stereocenters. The summed E-state index contributed by atoms with van der Waals surface area (Å²) in [6.07, 6.45) is 13.3. The van der Waals surface area contributed by atoms with Crippen LogP contribution in [0.5, 0.6) is 0 Å². The molecule has 0 spiro atoms. The molecule has 0 saturated heterocycles. The second kappa shape index (κ2) is 15.9. The van der Waals surface area contributed by atoms with Crippen molar-refractivity contribution in [1.29, 1.82) is 0 Å². The fourth-order valence-electron chi connectivity index (χ4n) is 1.71. The first kappa shape index (κ1) is 12.6. The number of allylic oxidation sites excluding steroid dienone is 6. The summed E-state index contributed by atoms with van der Waals surface area (Å²) < 4.78 is 31.2. The summed E-state index contributed by atoms with van der Waals surface area (Å²) in [4.78, 5) is 10.8. The number of Topliss-reactive ketones (excluding diaryl/α,β-unsaturated/α-hetero) is 1. The summed E-state index contributed by atoms with van der Waals surface area (Å²) in [5.74, 6) is 0.253. The SMILES string of the molecule is [2H]C([2H])(/C=C\CC)/C=C\C([2H])([2H])/C=C\CCCCCCCC(C)=O. The Morgan fingerprint density at radius 1 is 0.850 bits per heavy atom. The number of hydrogen-bond donors (Lipinski definition) is 0. The van der Waals surface area contributed by atoms with Crippen molar-refractivity contribution in [3.63, 3.8) is 0 Å². The molecule has 0 fully saturated rings. The Hall–Kier alpha value is -1.11. The number of unbranched alkanes of at least 4 members (excludes halogenated alkanes) is 5. The topological polar surface area (TPSA) is 17.1 Å². The number of hydrogen-bond acceptors (Lipinski definition) is 1. The van der Waals surface area contributed by atoms with Crippen LogP contribution in [-0.4, -0.2) is 5.78 Å². The Labute approximate surface area is 131 Å². The van der Waals surface area contributed by atoms with Crippen molar-refractivity contribution >= 4 is 5.78 Å². The van der Waals surface area contributed by atoms with Gasteiger partial charge in [0.25, 0.3) is 0 Å². The van der Waals surface area contributed by atoms with E-state index in [9.17, 15) is 4.79 Å². The molecule has 0 rings (SSSR count). The molecule has 20 heavy (non-hydrogen) atoms. The molecular weight excluding hydrogens is 244 g/mol. The molecule has 1 heteroatoms. The standard InChI is InChI=1S/C19H32O/c1-3-4-5-6-7-8-9-10-11-12-13-14-15-16-17-18-19(2)20/h4-5,7-8,10-11H,3,6,9,12-18H2,1-2H3/b5-4-,8-7-,11-10-/i6D2,9D2. The highest BCUT2D eigenvalue weighted by atomic mass is 16.1. The molecule has 0 aliphatic heterocycles. The lowest BCUT2D eigenvalue weighted by atomic mass is 10.1. The zero-order valence-electron chi connectivity index (χ0n) is 17.0. The van der Waals surface area contributed by atoms with Crippen LogP contribution < -0.4 is 0 Å². The van der Waals surface area contributed by atoms with Gasteiger partial charge in [0.1, 0.15) is 5.78 Å². The van der Waals surface area contributed by atoms with Gasteiger partial charge in [-0.2, -0.15) is 0 Å². The van der Waals surface area contributed by atoms with E-state index in [1.54, 1.807) is 13.0 Å². The van der Waals surface area contributed by atoms with Crippen LogP contribution in [0, 0.1) is 0 Å². The van der Waals surface area contributed by atoms with Crippen LogP contribution in [0.1, 0.15) is 83.4 Å². The van der Waals surface area contributed by atoms with Crippen LogP contribution in [-0.2, 0) is 4.79 Å². The maximum atomic E-state index is 10.8. The van der Waals surface area contributed by atoms with Crippen LogP contribution in [0.2, 0.25) is 0 Å². The lowest BCUT2D eigenvalue weighted by Crippen LogP contribution is -1.89. The Bertz CT molecular complexity index is 437. The fraction of sp³-hybridized carbons (Fsp3) is 0.632. The van der Waals surface area contributed by atoms with E-state index in [1.807, 2.05) is 13.0 Å². The number of ketones is 1. The zero-order valence-corrected chi connectivity index (χ0v) is 13.0. The average molecular weight is 280 g/mol. The van der Waals surface area contributed by atoms with Gasteiger partial charge in [-0.15, -0.1) is 0 Å². The number of rotatable bonds is 13. The normalized spacial score (nSPS) is 16.5. The van der Waals surface area contributed by atoms with Crippen LogP contribution in [0.25, 0.3) is 0 Å². The summed E-state index contributed by atoms with van der Waals surface area (Å²) in [5, 5.41) is 0. The second-order valence-electron chi connectivity index (χ2n) is 4.89. The van der Waals surface area contributed by atoms with Crippen molar-refractivity contribution in [2.45, 2.75) is 78.0 Å². The van der Waals surface area contributed by atoms with Gasteiger partial charge in [0.2, 0.25) is 0 Å². The molecule has 0 aromatic rings. The van der Waals surface area contributed by atoms with Crippen molar-refractivity contribution in [2.75, 3.05) is 0 Å². The van der Waals surface area contributed by atoms with Crippen molar-refractivity contribution < 1.29 is 10.3 Å². The van der Waals surface area contributed by atoms with E-state index in [1.165, 1.54) is 24.3 Å². The first-order valence-corrected chi connectivity index (χ1v) is 7.74. The molecular formula is C19H32O. The highest BCUT2D eigenvalue weighted by Crippen LogP contribution is 2.08. The molecule has 0 bridgehead atoms. The van der Waals surface area contributed by atoms with Gasteiger partial charge in [0, 0.05) is 11.9 Å². The minimum atomic E-state index is -1.63. The lowest BCUT2D eigenvalue weighted by Gasteiger charge is -1.98. The summed E-state index contributed by atoms with van der Waals surface area (Å²) in [6.45, 7) is 3.56. The van der Waals surface area contributed by atoms with Gasteiger partial charge in [-0.25, -0.2) is 0 Å². The van der Waals surface area contributed by atoms with Gasteiger partial charge in [0.05, 0.1) is 0 Å². The van der Waals surface area contributed by atoms with Crippen LogP contribution in [0.3, 0.4) is 0 Å². The third kappa shape index (κ3) is 16.9. The van der Waals surface area contributed by atoms with E-state index in [4.69, 9.17) is 5.48 Å². The predicted octanol–water partition coefficient (Wildman–Crippen LogP) is 6.16. The minimum absolute atomic E-state index is 0.253. The second-order valence-corrected chi connectivity index (χ2v) is 4.89. The molecule has 1 nitrogen and oxygen atoms in total. The number of carbonyl (C=O) groups excluding carboxylic acids is 1. The molecule has 114 valence electrons. The zero-order chi connectivity index (χ0) is 18.5. The summed E-state index contributed by atoms with van der Waals surface area (Å²) >= 11 is 0. The Morgan fingerprint density at radius 2 is 1.40 bits per heavy atom. The van der Waals surface area contributed by atoms with E-state index in [-0.39, 0.29) is 5.78 Å². The molecule has 0 saturated carbocycles. The van der Waals surface area contributed by atoms with Crippen LogP contribution in [0.15, 0.2) is 36.5 Å². The van der Waals surface area contributed by atoms with E-state index in [0.29, 0.717) is 6.42 Å². The first-order chi connectivity index (χ1) is 11.2. The lowest BCUT2D eigenvalue weighted by molar-refractivity contribution is -0.117. The molecule has 0 unspecified atom stereocenters. The molecule has 0 N–H and O–H groups in total. The fourth-order valence-corrected chi connectivity index (χ4v) is 1.71. The van der Waals surface area contributed by atoms with Crippen LogP contribution in [0.4, 0.5) is 0 Å². The Kier molecular flexibility index (Phi) is 10.1. The van der Waals surface area contributed by atoms with Gasteiger partial charge in [-0.1, -0.05) is 62.6 Å². The van der Waals surface area contributed by atoms with Crippen molar-refractivity contribution in [3.8, 4) is 0 Å². The number of carbonyl (C=O) groups is 1. The first-order valence-electron chi connectivity index (χ1n) is 9.74. The van der Waals surface area contributed by atoms with E-state index in [2.05, 4.69) is 0 Å². The van der Waals surface area contributed by atoms with E-state index < -0.39 is 12.7 Å². The molecule has 0 aromatic heterocycles. The molecule has 0 amide bonds. The third-order valence-electron chi connectivity index (χ3n) is 2.84. The van der Waals surface area contributed by atoms with Gasteiger partial charge in [-0.05, 0) is 45.4 Å². The molecule has 0 aromatic carbocycles. The quantitative estimate of drug-likeness (QED) is 0.291. The van der Waals surface area contributed by atoms with Gasteiger partial charge < -0.3 is 4.79 Å². The predicted molar refractivity (Wildman–Crippen MR) is 89.9 cm³/mol. The minimum Gasteiger partial charge on any atom is -0.300 e. The highest BCUT2D eigenvalue weighted by molar-refractivity contribution is 5.75. The highest BCUT2D eigenvalue weighted by Gasteiger charge is 1.93. The van der Waals surface area contributed by atoms with Gasteiger partial charge in [-0.3, -0.25) is 0 Å². The van der Waals surface area contributed by atoms with E-state index >= 15 is 0 Å². The van der Waals surface area contributed by atoms with Gasteiger partial charge >= 0.3 is 0 Å². The third-order valence-corrected chi connectivity index (χ3v) is 2.84. The molecule has 0 aliphatic rings. The van der Waals surface area contributed by atoms with Crippen LogP contribution >= 0.6 is 0 Å². The Morgan fingerprint density at radius 3 is 2.05 bits per heavy atom. The monoisotopic (exact) mass is 280 g/mol. The van der Waals surface area contributed by atoms with E-state index in [0.717, 1.165) is 44.9 Å². The summed E-state index contributed by atoms with van der Waals surface area (Å²) in [5.41, 5.74) is 0. The maximum Gasteiger partial charge on any atom is 0.129 e. The van der Waals surface area contributed by atoms with Crippen molar-refractivity contribution in [3.05, 3.63) is 36.5 Å². The summed E-state index contributed by atoms with van der Waals surface area (Å²) in [7, 11) is 0. The Balaban J connectivity index is 4.02. The smallest absolute Gasteiger partial charge is 0.129 e. The summed E-state index contributed by atoms with van der Waals surface area (Å²) in [6, 6.07) is 0. The molecule has 0 radical (unpaired) electrons. The largest absolute Gasteiger partial charge is 0.300 e. The van der Waals surface area contributed by atoms with Crippen molar-refractivity contribution in [1.82, 2.24) is 0 Å².